The first kappa shape index (κ1) is 21.1. The van der Waals surface area contributed by atoms with Gasteiger partial charge in [0.2, 0.25) is 11.8 Å². The summed E-state index contributed by atoms with van der Waals surface area (Å²) in [5, 5.41) is 2.89. The smallest absolute Gasteiger partial charge is 0.224 e. The number of amides is 2. The minimum absolute atomic E-state index is 0.107. The van der Waals surface area contributed by atoms with Gasteiger partial charge < -0.3 is 11.1 Å². The van der Waals surface area contributed by atoms with Crippen molar-refractivity contribution in [3.63, 3.8) is 0 Å². The van der Waals surface area contributed by atoms with Gasteiger partial charge in [-0.25, -0.2) is 8.78 Å². The molecule has 0 fully saturated rings. The van der Waals surface area contributed by atoms with Gasteiger partial charge in [-0.2, -0.15) is 0 Å². The van der Waals surface area contributed by atoms with Gasteiger partial charge in [0.1, 0.15) is 11.6 Å². The number of carbonyl (C=O) groups is 2. The van der Waals surface area contributed by atoms with E-state index in [1.54, 1.807) is 0 Å². The second-order valence-electron chi connectivity index (χ2n) is 7.83. The molecule has 0 saturated carbocycles. The zero-order chi connectivity index (χ0) is 19.4. The molecule has 3 N–H and O–H groups in total. The van der Waals surface area contributed by atoms with Crippen LogP contribution in [-0.4, -0.2) is 17.4 Å². The quantitative estimate of drug-likeness (QED) is 0.789. The topological polar surface area (TPSA) is 72.2 Å². The molecule has 0 aliphatic heterocycles. The monoisotopic (exact) mass is 354 g/mol. The van der Waals surface area contributed by atoms with E-state index in [1.807, 2.05) is 34.6 Å². The van der Waals surface area contributed by atoms with E-state index in [4.69, 9.17) is 5.73 Å². The Morgan fingerprint density at radius 1 is 1.12 bits per heavy atom. The lowest BCUT2D eigenvalue weighted by molar-refractivity contribution is -0.136. The predicted octanol–water partition coefficient (Wildman–Crippen LogP) is 3.19. The molecular weight excluding hydrogens is 326 g/mol. The summed E-state index contributed by atoms with van der Waals surface area (Å²) in [6, 6.07) is 3.24. The SMILES string of the molecule is CC(C)C(C(=O)NC(C)(C)C)[C@H](CCc1cc(F)cc(F)c1)C(N)=O. The van der Waals surface area contributed by atoms with E-state index in [1.165, 1.54) is 12.1 Å². The zero-order valence-corrected chi connectivity index (χ0v) is 15.5. The molecule has 0 aromatic heterocycles. The maximum atomic E-state index is 13.3. The Morgan fingerprint density at radius 2 is 1.64 bits per heavy atom. The summed E-state index contributed by atoms with van der Waals surface area (Å²) in [4.78, 5) is 24.6. The van der Waals surface area contributed by atoms with Gasteiger partial charge in [0, 0.05) is 17.5 Å². The highest BCUT2D eigenvalue weighted by molar-refractivity contribution is 5.87. The average Bonchev–Trinajstić information content (AvgIpc) is 2.39. The second-order valence-corrected chi connectivity index (χ2v) is 7.83. The lowest BCUT2D eigenvalue weighted by atomic mass is 9.78. The minimum atomic E-state index is -0.714. The van der Waals surface area contributed by atoms with Gasteiger partial charge >= 0.3 is 0 Å². The van der Waals surface area contributed by atoms with Crippen molar-refractivity contribution in [2.75, 3.05) is 0 Å². The molecule has 1 unspecified atom stereocenters. The van der Waals surface area contributed by atoms with Crippen LogP contribution < -0.4 is 11.1 Å². The van der Waals surface area contributed by atoms with Gasteiger partial charge in [0.05, 0.1) is 5.92 Å². The molecule has 6 heteroatoms. The normalized spacial score (nSPS) is 14.2. The predicted molar refractivity (Wildman–Crippen MR) is 93.6 cm³/mol. The van der Waals surface area contributed by atoms with Crippen LogP contribution in [0.1, 0.15) is 46.6 Å². The Labute approximate surface area is 148 Å². The maximum absolute atomic E-state index is 13.3. The van der Waals surface area contributed by atoms with E-state index in [0.717, 1.165) is 6.07 Å². The Morgan fingerprint density at radius 3 is 2.04 bits per heavy atom. The molecule has 25 heavy (non-hydrogen) atoms. The number of benzene rings is 1. The molecule has 140 valence electrons. The average molecular weight is 354 g/mol. The molecular formula is C19H28F2N2O2. The number of hydrogen-bond donors (Lipinski definition) is 2. The Hall–Kier alpha value is -1.98. The minimum Gasteiger partial charge on any atom is -0.369 e. The van der Waals surface area contributed by atoms with Gasteiger partial charge in [-0.15, -0.1) is 0 Å². The lowest BCUT2D eigenvalue weighted by Gasteiger charge is -2.31. The van der Waals surface area contributed by atoms with E-state index in [9.17, 15) is 18.4 Å². The summed E-state index contributed by atoms with van der Waals surface area (Å²) in [7, 11) is 0. The van der Waals surface area contributed by atoms with Crippen LogP contribution in [0.25, 0.3) is 0 Å². The fraction of sp³-hybridized carbons (Fsp3) is 0.579. The number of aryl methyl sites for hydroxylation is 1. The third-order valence-electron chi connectivity index (χ3n) is 3.98. The van der Waals surface area contributed by atoms with Crippen molar-refractivity contribution >= 4 is 11.8 Å². The molecule has 0 saturated heterocycles. The highest BCUT2D eigenvalue weighted by Crippen LogP contribution is 2.27. The third kappa shape index (κ3) is 6.80. The molecule has 0 bridgehead atoms. The molecule has 0 heterocycles. The summed E-state index contributed by atoms with van der Waals surface area (Å²) in [6.45, 7) is 9.28. The molecule has 4 nitrogen and oxygen atoms in total. The van der Waals surface area contributed by atoms with Crippen LogP contribution in [0.3, 0.4) is 0 Å². The van der Waals surface area contributed by atoms with E-state index >= 15 is 0 Å². The Bertz CT molecular complexity index is 604. The molecule has 0 spiro atoms. The lowest BCUT2D eigenvalue weighted by Crippen LogP contribution is -2.49. The van der Waals surface area contributed by atoms with Crippen molar-refractivity contribution < 1.29 is 18.4 Å². The largest absolute Gasteiger partial charge is 0.369 e. The first-order chi connectivity index (χ1) is 11.4. The fourth-order valence-electron chi connectivity index (χ4n) is 2.98. The standard InChI is InChI=1S/C19H28F2N2O2/c1-11(2)16(18(25)23-19(3,4)5)15(17(22)24)7-6-12-8-13(20)10-14(21)9-12/h8-11,15-16H,6-7H2,1-5H3,(H2,22,24)(H,23,25)/t15-,16?/m0/s1. The van der Waals surface area contributed by atoms with Crippen molar-refractivity contribution in [2.45, 2.75) is 53.0 Å². The molecule has 0 aliphatic carbocycles. The van der Waals surface area contributed by atoms with Crippen LogP contribution in [-0.2, 0) is 16.0 Å². The van der Waals surface area contributed by atoms with Crippen molar-refractivity contribution in [1.82, 2.24) is 5.32 Å². The highest BCUT2D eigenvalue weighted by atomic mass is 19.1. The zero-order valence-electron chi connectivity index (χ0n) is 15.5. The molecule has 0 aliphatic rings. The van der Waals surface area contributed by atoms with Gasteiger partial charge in [-0.1, -0.05) is 13.8 Å². The number of rotatable bonds is 7. The number of halogens is 2. The summed E-state index contributed by atoms with van der Waals surface area (Å²) in [6.07, 6.45) is 0.507. The first-order valence-electron chi connectivity index (χ1n) is 8.47. The van der Waals surface area contributed by atoms with Crippen LogP contribution in [0.15, 0.2) is 18.2 Å². The van der Waals surface area contributed by atoms with Crippen LogP contribution in [0, 0.1) is 29.4 Å². The van der Waals surface area contributed by atoms with Gasteiger partial charge in [-0.3, -0.25) is 9.59 Å². The number of primary amides is 1. The van der Waals surface area contributed by atoms with Crippen molar-refractivity contribution in [1.29, 1.82) is 0 Å². The van der Waals surface area contributed by atoms with E-state index in [-0.39, 0.29) is 24.7 Å². The summed E-state index contributed by atoms with van der Waals surface area (Å²) in [5.41, 5.74) is 5.53. The van der Waals surface area contributed by atoms with Gasteiger partial charge in [-0.05, 0) is 57.2 Å². The van der Waals surface area contributed by atoms with Crippen molar-refractivity contribution in [3.8, 4) is 0 Å². The second kappa shape index (κ2) is 8.41. The molecule has 1 aromatic rings. The van der Waals surface area contributed by atoms with Crippen LogP contribution in [0.5, 0.6) is 0 Å². The summed E-state index contributed by atoms with van der Waals surface area (Å²) < 4.78 is 26.6. The third-order valence-corrected chi connectivity index (χ3v) is 3.98. The van der Waals surface area contributed by atoms with Crippen molar-refractivity contribution in [2.24, 2.45) is 23.5 Å². The van der Waals surface area contributed by atoms with E-state index < -0.39 is 34.9 Å². The highest BCUT2D eigenvalue weighted by Gasteiger charge is 2.35. The van der Waals surface area contributed by atoms with Crippen LogP contribution in [0.4, 0.5) is 8.78 Å². The van der Waals surface area contributed by atoms with E-state index in [2.05, 4.69) is 5.32 Å². The van der Waals surface area contributed by atoms with Gasteiger partial charge in [0.15, 0.2) is 0 Å². The number of hydrogen-bond acceptors (Lipinski definition) is 2. The fourth-order valence-corrected chi connectivity index (χ4v) is 2.98. The molecule has 2 atom stereocenters. The number of nitrogens with two attached hydrogens (primary N) is 1. The van der Waals surface area contributed by atoms with Crippen LogP contribution in [0.2, 0.25) is 0 Å². The molecule has 2 amide bonds. The Kier molecular flexibility index (Phi) is 7.08. The first-order valence-corrected chi connectivity index (χ1v) is 8.47. The number of carbonyl (C=O) groups excluding carboxylic acids is 2. The molecule has 0 radical (unpaired) electrons. The van der Waals surface area contributed by atoms with E-state index in [0.29, 0.717) is 5.56 Å². The summed E-state index contributed by atoms with van der Waals surface area (Å²) in [5.74, 6) is -3.59. The molecule has 1 rings (SSSR count). The molecule has 1 aromatic carbocycles. The van der Waals surface area contributed by atoms with Gasteiger partial charge in [0.25, 0.3) is 0 Å². The van der Waals surface area contributed by atoms with Crippen molar-refractivity contribution in [3.05, 3.63) is 35.4 Å². The van der Waals surface area contributed by atoms with Crippen LogP contribution >= 0.6 is 0 Å². The summed E-state index contributed by atoms with van der Waals surface area (Å²) >= 11 is 0. The Balaban J connectivity index is 2.98. The number of nitrogens with one attached hydrogen (secondary N) is 1. The maximum Gasteiger partial charge on any atom is 0.224 e.